The molecule has 2 aromatic carbocycles. The van der Waals surface area contributed by atoms with Crippen LogP contribution < -0.4 is 10.6 Å². The highest BCUT2D eigenvalue weighted by Crippen LogP contribution is 2.25. The van der Waals surface area contributed by atoms with E-state index in [1.165, 1.54) is 11.3 Å². The van der Waals surface area contributed by atoms with Gasteiger partial charge in [-0.05, 0) is 17.7 Å². The van der Waals surface area contributed by atoms with E-state index in [4.69, 9.17) is 11.6 Å². The lowest BCUT2D eigenvalue weighted by atomic mass is 10.2. The largest absolute Gasteiger partial charge is 0.350 e. The van der Waals surface area contributed by atoms with Crippen molar-refractivity contribution in [1.82, 2.24) is 15.6 Å². The van der Waals surface area contributed by atoms with Crippen LogP contribution in [-0.4, -0.2) is 23.3 Å². The minimum atomic E-state index is -0.378. The molecular weight excluding hydrogens is 370 g/mol. The van der Waals surface area contributed by atoms with E-state index >= 15 is 0 Å². The van der Waals surface area contributed by atoms with Crippen LogP contribution in [0.4, 0.5) is 0 Å². The molecule has 1 aromatic heterocycles. The molecule has 0 aliphatic rings. The molecule has 3 aromatic rings. The Balaban J connectivity index is 1.50. The summed E-state index contributed by atoms with van der Waals surface area (Å²) in [4.78, 5) is 28.3. The van der Waals surface area contributed by atoms with E-state index < -0.39 is 0 Å². The van der Waals surface area contributed by atoms with Crippen LogP contribution in [0.2, 0.25) is 5.02 Å². The lowest BCUT2D eigenvalue weighted by molar-refractivity contribution is -0.120. The smallest absolute Gasteiger partial charge is 0.271 e. The van der Waals surface area contributed by atoms with Crippen LogP contribution in [0.15, 0.2) is 60.0 Å². The van der Waals surface area contributed by atoms with Gasteiger partial charge in [0.1, 0.15) is 10.7 Å². The monoisotopic (exact) mass is 385 g/mol. The summed E-state index contributed by atoms with van der Waals surface area (Å²) in [6.45, 7) is 0.326. The van der Waals surface area contributed by atoms with E-state index in [-0.39, 0.29) is 24.1 Å². The number of hydrogen-bond acceptors (Lipinski definition) is 4. The quantitative estimate of drug-likeness (QED) is 0.682. The molecule has 3 rings (SSSR count). The molecular formula is C19H16ClN3O2S. The van der Waals surface area contributed by atoms with Crippen LogP contribution in [0.25, 0.3) is 10.6 Å². The van der Waals surface area contributed by atoms with Crippen LogP contribution in [-0.2, 0) is 11.3 Å². The number of amides is 2. The number of benzene rings is 2. The van der Waals surface area contributed by atoms with Gasteiger partial charge in [-0.15, -0.1) is 11.3 Å². The second-order valence-electron chi connectivity index (χ2n) is 5.49. The molecule has 0 aliphatic heterocycles. The fourth-order valence-electron chi connectivity index (χ4n) is 2.21. The predicted octanol–water partition coefficient (Wildman–Crippen LogP) is 3.51. The van der Waals surface area contributed by atoms with E-state index in [9.17, 15) is 9.59 Å². The molecule has 0 aliphatic carbocycles. The van der Waals surface area contributed by atoms with Gasteiger partial charge < -0.3 is 10.6 Å². The first kappa shape index (κ1) is 18.1. The second-order valence-corrected chi connectivity index (χ2v) is 6.78. The molecule has 1 heterocycles. The maximum Gasteiger partial charge on any atom is 0.271 e. The van der Waals surface area contributed by atoms with Crippen molar-refractivity contribution in [2.75, 3.05) is 6.54 Å². The van der Waals surface area contributed by atoms with Crippen molar-refractivity contribution in [3.8, 4) is 10.6 Å². The van der Waals surface area contributed by atoms with Crippen molar-refractivity contribution >= 4 is 34.8 Å². The average Bonchev–Trinajstić information content (AvgIpc) is 3.16. The van der Waals surface area contributed by atoms with Crippen molar-refractivity contribution in [2.45, 2.75) is 6.54 Å². The number of carbonyl (C=O) groups excluding carboxylic acids is 2. The Hall–Kier alpha value is -2.70. The minimum Gasteiger partial charge on any atom is -0.350 e. The van der Waals surface area contributed by atoms with E-state index in [2.05, 4.69) is 15.6 Å². The third-order valence-corrected chi connectivity index (χ3v) is 4.71. The van der Waals surface area contributed by atoms with Crippen molar-refractivity contribution < 1.29 is 9.59 Å². The molecule has 0 saturated carbocycles. The summed E-state index contributed by atoms with van der Waals surface area (Å²) in [7, 11) is 0. The summed E-state index contributed by atoms with van der Waals surface area (Å²) in [5.41, 5.74) is 2.18. The zero-order valence-corrected chi connectivity index (χ0v) is 15.3. The first-order valence-corrected chi connectivity index (χ1v) is 9.18. The molecule has 5 nitrogen and oxygen atoms in total. The van der Waals surface area contributed by atoms with E-state index in [0.29, 0.717) is 11.6 Å². The van der Waals surface area contributed by atoms with Gasteiger partial charge in [0.15, 0.2) is 0 Å². The number of aromatic nitrogens is 1. The SMILES string of the molecule is O=C(CNC(=O)c1csc(-c2ccc(Cl)cc2)n1)NCc1ccccc1. The number of nitrogens with one attached hydrogen (secondary N) is 2. The number of thiazole rings is 1. The second kappa shape index (κ2) is 8.60. The highest BCUT2D eigenvalue weighted by molar-refractivity contribution is 7.13. The summed E-state index contributed by atoms with van der Waals surface area (Å²) in [6.07, 6.45) is 0. The predicted molar refractivity (Wildman–Crippen MR) is 103 cm³/mol. The van der Waals surface area contributed by atoms with Gasteiger partial charge in [-0.25, -0.2) is 4.98 Å². The van der Waals surface area contributed by atoms with Crippen molar-refractivity contribution in [3.05, 3.63) is 76.3 Å². The Morgan fingerprint density at radius 1 is 1.00 bits per heavy atom. The molecule has 132 valence electrons. The number of rotatable bonds is 6. The van der Waals surface area contributed by atoms with Gasteiger partial charge in [0, 0.05) is 22.5 Å². The normalized spacial score (nSPS) is 10.3. The highest BCUT2D eigenvalue weighted by Gasteiger charge is 2.13. The van der Waals surface area contributed by atoms with Crippen molar-refractivity contribution in [1.29, 1.82) is 0 Å². The number of carbonyl (C=O) groups is 2. The van der Waals surface area contributed by atoms with Gasteiger partial charge in [-0.3, -0.25) is 9.59 Å². The Kier molecular flexibility index (Phi) is 5.99. The fourth-order valence-corrected chi connectivity index (χ4v) is 3.15. The molecule has 2 N–H and O–H groups in total. The third kappa shape index (κ3) is 4.91. The Morgan fingerprint density at radius 2 is 1.73 bits per heavy atom. The Bertz CT molecular complexity index is 895. The lowest BCUT2D eigenvalue weighted by Gasteiger charge is -2.06. The van der Waals surface area contributed by atoms with Crippen molar-refractivity contribution in [2.24, 2.45) is 0 Å². The summed E-state index contributed by atoms with van der Waals surface area (Å²) in [5, 5.41) is 8.37. The summed E-state index contributed by atoms with van der Waals surface area (Å²) in [6, 6.07) is 16.8. The molecule has 0 atom stereocenters. The topological polar surface area (TPSA) is 71.1 Å². The van der Waals surface area contributed by atoms with Crippen molar-refractivity contribution in [3.63, 3.8) is 0 Å². The van der Waals surface area contributed by atoms with Gasteiger partial charge >= 0.3 is 0 Å². The Morgan fingerprint density at radius 3 is 2.46 bits per heavy atom. The average molecular weight is 386 g/mol. The molecule has 0 radical (unpaired) electrons. The molecule has 26 heavy (non-hydrogen) atoms. The maximum absolute atomic E-state index is 12.2. The molecule has 0 saturated heterocycles. The fraction of sp³-hybridized carbons (Fsp3) is 0.105. The number of nitrogens with zero attached hydrogens (tertiary/aromatic N) is 1. The van der Waals surface area contributed by atoms with Crippen LogP contribution in [0.1, 0.15) is 16.1 Å². The standard InChI is InChI=1S/C19H16ClN3O2S/c20-15-8-6-14(7-9-15)19-23-16(12-26-19)18(25)22-11-17(24)21-10-13-4-2-1-3-5-13/h1-9,12H,10-11H2,(H,21,24)(H,22,25). The molecule has 7 heteroatoms. The van der Waals surface area contributed by atoms with Gasteiger partial charge in [-0.2, -0.15) is 0 Å². The zero-order chi connectivity index (χ0) is 18.4. The minimum absolute atomic E-state index is 0.0977. The van der Waals surface area contributed by atoms with E-state index in [1.807, 2.05) is 42.5 Å². The summed E-state index contributed by atoms with van der Waals surface area (Å²) in [5.74, 6) is -0.633. The molecule has 2 amide bonds. The highest BCUT2D eigenvalue weighted by atomic mass is 35.5. The first-order chi connectivity index (χ1) is 12.6. The van der Waals surface area contributed by atoms with Crippen LogP contribution in [0, 0.1) is 0 Å². The molecule has 0 spiro atoms. The van der Waals surface area contributed by atoms with Crippen LogP contribution >= 0.6 is 22.9 Å². The lowest BCUT2D eigenvalue weighted by Crippen LogP contribution is -2.36. The van der Waals surface area contributed by atoms with Gasteiger partial charge in [0.05, 0.1) is 6.54 Å². The molecule has 0 unspecified atom stereocenters. The Labute approximate surface area is 160 Å². The zero-order valence-electron chi connectivity index (χ0n) is 13.7. The third-order valence-electron chi connectivity index (χ3n) is 3.57. The molecule has 0 bridgehead atoms. The van der Waals surface area contributed by atoms with Gasteiger partial charge in [0.2, 0.25) is 5.91 Å². The van der Waals surface area contributed by atoms with E-state index in [1.54, 1.807) is 17.5 Å². The van der Waals surface area contributed by atoms with E-state index in [0.717, 1.165) is 16.1 Å². The van der Waals surface area contributed by atoms with Gasteiger partial charge in [-0.1, -0.05) is 54.1 Å². The summed E-state index contributed by atoms with van der Waals surface area (Å²) < 4.78 is 0. The first-order valence-electron chi connectivity index (χ1n) is 7.92. The molecule has 0 fully saturated rings. The number of hydrogen-bond donors (Lipinski definition) is 2. The maximum atomic E-state index is 12.2. The van der Waals surface area contributed by atoms with Crippen LogP contribution in [0.3, 0.4) is 0 Å². The van der Waals surface area contributed by atoms with Crippen LogP contribution in [0.5, 0.6) is 0 Å². The summed E-state index contributed by atoms with van der Waals surface area (Å²) >= 11 is 7.23. The van der Waals surface area contributed by atoms with Gasteiger partial charge in [0.25, 0.3) is 5.91 Å². The number of halogens is 1.